The van der Waals surface area contributed by atoms with E-state index in [9.17, 15) is 0 Å². The lowest BCUT2D eigenvalue weighted by Crippen LogP contribution is -2.17. The van der Waals surface area contributed by atoms with Gasteiger partial charge in [0.1, 0.15) is 5.82 Å². The summed E-state index contributed by atoms with van der Waals surface area (Å²) >= 11 is 0. The minimum atomic E-state index is 0.394. The molecule has 1 fully saturated rings. The predicted molar refractivity (Wildman–Crippen MR) is 60.5 cm³/mol. The van der Waals surface area contributed by atoms with Crippen molar-refractivity contribution < 1.29 is 4.74 Å². The van der Waals surface area contributed by atoms with Crippen LogP contribution in [0.5, 0.6) is 0 Å². The molecule has 4 nitrogen and oxygen atoms in total. The number of hydrogen-bond acceptors (Lipinski definition) is 3. The molecule has 0 spiro atoms. The fourth-order valence-electron chi connectivity index (χ4n) is 2.29. The van der Waals surface area contributed by atoms with Crippen molar-refractivity contribution in [2.75, 3.05) is 13.2 Å². The summed E-state index contributed by atoms with van der Waals surface area (Å²) in [5, 5.41) is 8.56. The molecule has 1 unspecified atom stereocenters. The Labute approximate surface area is 94.3 Å². The molecule has 1 saturated heterocycles. The summed E-state index contributed by atoms with van der Waals surface area (Å²) < 4.78 is 7.60. The molecular weight excluding hydrogens is 202 g/mol. The lowest BCUT2D eigenvalue weighted by Gasteiger charge is -2.20. The summed E-state index contributed by atoms with van der Waals surface area (Å²) in [6.07, 6.45) is 4.30. The Hall–Kier alpha value is -1.42. The third-order valence-corrected chi connectivity index (χ3v) is 3.18. The Balaban J connectivity index is 2.06. The Kier molecular flexibility index (Phi) is 2.36. The quantitative estimate of drug-likeness (QED) is 0.732. The second-order valence-electron chi connectivity index (χ2n) is 4.36. The van der Waals surface area contributed by atoms with E-state index in [2.05, 4.69) is 27.6 Å². The number of hydrogen-bond donors (Lipinski definition) is 0. The molecule has 4 heteroatoms. The Morgan fingerprint density at radius 3 is 3.19 bits per heavy atom. The van der Waals surface area contributed by atoms with Crippen LogP contribution in [0, 0.1) is 6.92 Å². The van der Waals surface area contributed by atoms with E-state index in [-0.39, 0.29) is 0 Å². The molecule has 3 heterocycles. The lowest BCUT2D eigenvalue weighted by atomic mass is 10.0. The van der Waals surface area contributed by atoms with E-state index in [1.54, 1.807) is 0 Å². The van der Waals surface area contributed by atoms with E-state index in [4.69, 9.17) is 4.74 Å². The molecule has 84 valence electrons. The third-order valence-electron chi connectivity index (χ3n) is 3.18. The smallest absolute Gasteiger partial charge is 0.163 e. The molecule has 0 aromatic carbocycles. The fourth-order valence-corrected chi connectivity index (χ4v) is 2.29. The van der Waals surface area contributed by atoms with Crippen molar-refractivity contribution in [3.63, 3.8) is 0 Å². The second kappa shape index (κ2) is 3.87. The van der Waals surface area contributed by atoms with Gasteiger partial charge in [-0.15, -0.1) is 10.2 Å². The molecular formula is C12H15N3O. The Morgan fingerprint density at radius 2 is 2.38 bits per heavy atom. The van der Waals surface area contributed by atoms with Gasteiger partial charge < -0.3 is 4.74 Å². The molecule has 16 heavy (non-hydrogen) atoms. The van der Waals surface area contributed by atoms with Gasteiger partial charge in [0.25, 0.3) is 0 Å². The second-order valence-corrected chi connectivity index (χ2v) is 4.36. The summed E-state index contributed by atoms with van der Waals surface area (Å²) in [5.41, 5.74) is 2.13. The number of ether oxygens (including phenoxy) is 1. The molecule has 0 bridgehead atoms. The van der Waals surface area contributed by atoms with Crippen LogP contribution in [0.25, 0.3) is 5.65 Å². The summed E-state index contributed by atoms with van der Waals surface area (Å²) in [6.45, 7) is 3.71. The van der Waals surface area contributed by atoms with Gasteiger partial charge in [0.2, 0.25) is 0 Å². The van der Waals surface area contributed by atoms with Crippen molar-refractivity contribution in [2.45, 2.75) is 25.7 Å². The topological polar surface area (TPSA) is 39.4 Å². The summed E-state index contributed by atoms with van der Waals surface area (Å²) in [6, 6.07) is 4.10. The fraction of sp³-hybridized carbons (Fsp3) is 0.500. The molecule has 0 saturated carbocycles. The van der Waals surface area contributed by atoms with Gasteiger partial charge in [-0.1, -0.05) is 6.07 Å². The van der Waals surface area contributed by atoms with Crippen molar-refractivity contribution in [2.24, 2.45) is 0 Å². The first-order valence-corrected chi connectivity index (χ1v) is 5.74. The maximum absolute atomic E-state index is 5.50. The van der Waals surface area contributed by atoms with Gasteiger partial charge in [-0.25, -0.2) is 0 Å². The Bertz CT molecular complexity index is 500. The minimum absolute atomic E-state index is 0.394. The van der Waals surface area contributed by atoms with Crippen LogP contribution in [-0.2, 0) is 4.74 Å². The van der Waals surface area contributed by atoms with Gasteiger partial charge in [-0.3, -0.25) is 4.40 Å². The SMILES string of the molecule is Cc1cccn2c(C3CCCOC3)nnc12. The number of nitrogens with zero attached hydrogens (tertiary/aromatic N) is 3. The predicted octanol–water partition coefficient (Wildman–Crippen LogP) is 1.93. The van der Waals surface area contributed by atoms with E-state index in [1.165, 1.54) is 0 Å². The zero-order valence-electron chi connectivity index (χ0n) is 9.39. The zero-order chi connectivity index (χ0) is 11.0. The average Bonchev–Trinajstić information content (AvgIpc) is 2.75. The first-order valence-electron chi connectivity index (χ1n) is 5.74. The van der Waals surface area contributed by atoms with Crippen molar-refractivity contribution in [3.8, 4) is 0 Å². The van der Waals surface area contributed by atoms with E-state index in [0.717, 1.165) is 43.1 Å². The molecule has 1 aliphatic heterocycles. The van der Waals surface area contributed by atoms with Crippen LogP contribution >= 0.6 is 0 Å². The van der Waals surface area contributed by atoms with Crippen LogP contribution in [0.3, 0.4) is 0 Å². The highest BCUT2D eigenvalue weighted by atomic mass is 16.5. The van der Waals surface area contributed by atoms with Crippen molar-refractivity contribution >= 4 is 5.65 Å². The van der Waals surface area contributed by atoms with Crippen LogP contribution in [0.2, 0.25) is 0 Å². The van der Waals surface area contributed by atoms with E-state index >= 15 is 0 Å². The number of rotatable bonds is 1. The van der Waals surface area contributed by atoms with Crippen LogP contribution in [0.4, 0.5) is 0 Å². The van der Waals surface area contributed by atoms with Gasteiger partial charge in [0.05, 0.1) is 6.61 Å². The lowest BCUT2D eigenvalue weighted by molar-refractivity contribution is 0.0778. The van der Waals surface area contributed by atoms with Crippen LogP contribution < -0.4 is 0 Å². The standard InChI is InChI=1S/C12H15N3O/c1-9-4-2-6-15-11(9)13-14-12(15)10-5-3-7-16-8-10/h2,4,6,10H,3,5,7-8H2,1H3. The minimum Gasteiger partial charge on any atom is -0.381 e. The first kappa shape index (κ1) is 9.78. The molecule has 0 N–H and O–H groups in total. The van der Waals surface area contributed by atoms with Gasteiger partial charge in [-0.2, -0.15) is 0 Å². The van der Waals surface area contributed by atoms with Crippen LogP contribution in [0.1, 0.15) is 30.1 Å². The molecule has 0 amide bonds. The van der Waals surface area contributed by atoms with Crippen molar-refractivity contribution in [1.29, 1.82) is 0 Å². The summed E-state index contributed by atoms with van der Waals surface area (Å²) in [7, 11) is 0. The zero-order valence-corrected chi connectivity index (χ0v) is 9.39. The molecule has 1 aliphatic rings. The van der Waals surface area contributed by atoms with Gasteiger partial charge in [0.15, 0.2) is 5.65 Å². The van der Waals surface area contributed by atoms with Crippen LogP contribution in [0.15, 0.2) is 18.3 Å². The largest absolute Gasteiger partial charge is 0.381 e. The van der Waals surface area contributed by atoms with E-state index in [1.807, 2.05) is 12.3 Å². The number of aromatic nitrogens is 3. The van der Waals surface area contributed by atoms with Gasteiger partial charge in [0, 0.05) is 18.7 Å². The third kappa shape index (κ3) is 1.50. The molecule has 0 aliphatic carbocycles. The van der Waals surface area contributed by atoms with Gasteiger partial charge >= 0.3 is 0 Å². The van der Waals surface area contributed by atoms with Crippen molar-refractivity contribution in [3.05, 3.63) is 29.7 Å². The molecule has 2 aromatic rings. The summed E-state index contributed by atoms with van der Waals surface area (Å²) in [4.78, 5) is 0. The highest BCUT2D eigenvalue weighted by molar-refractivity contribution is 5.46. The van der Waals surface area contributed by atoms with E-state index < -0.39 is 0 Å². The maximum Gasteiger partial charge on any atom is 0.163 e. The monoisotopic (exact) mass is 217 g/mol. The Morgan fingerprint density at radius 1 is 1.44 bits per heavy atom. The normalized spacial score (nSPS) is 21.4. The number of pyridine rings is 1. The molecule has 3 rings (SSSR count). The average molecular weight is 217 g/mol. The molecule has 2 aromatic heterocycles. The molecule has 1 atom stereocenters. The van der Waals surface area contributed by atoms with Crippen molar-refractivity contribution in [1.82, 2.24) is 14.6 Å². The van der Waals surface area contributed by atoms with Crippen LogP contribution in [-0.4, -0.2) is 27.8 Å². The molecule has 0 radical (unpaired) electrons. The highest BCUT2D eigenvalue weighted by Gasteiger charge is 2.21. The first-order chi connectivity index (χ1) is 7.86. The number of fused-ring (bicyclic) bond motifs is 1. The van der Waals surface area contributed by atoms with E-state index in [0.29, 0.717) is 5.92 Å². The number of aryl methyl sites for hydroxylation is 1. The van der Waals surface area contributed by atoms with Gasteiger partial charge in [-0.05, 0) is 31.4 Å². The summed E-state index contributed by atoms with van der Waals surface area (Å²) in [5.74, 6) is 1.43. The highest BCUT2D eigenvalue weighted by Crippen LogP contribution is 2.24. The maximum atomic E-state index is 5.50.